The van der Waals surface area contributed by atoms with Crippen LogP contribution < -0.4 is 10.6 Å². The van der Waals surface area contributed by atoms with Crippen molar-refractivity contribution < 1.29 is 13.9 Å². The van der Waals surface area contributed by atoms with Crippen LogP contribution in [0.2, 0.25) is 0 Å². The van der Waals surface area contributed by atoms with Crippen molar-refractivity contribution in [3.63, 3.8) is 0 Å². The zero-order chi connectivity index (χ0) is 19.3. The number of aromatic nitrogens is 2. The van der Waals surface area contributed by atoms with Crippen LogP contribution in [0.1, 0.15) is 31.6 Å². The molecular weight excluding hydrogens is 396 g/mol. The van der Waals surface area contributed by atoms with E-state index in [1.807, 2.05) is 37.3 Å². The molecule has 1 aliphatic heterocycles. The van der Waals surface area contributed by atoms with Gasteiger partial charge in [-0.15, -0.1) is 10.2 Å². The molecule has 1 amide bonds. The number of ether oxygens (including phenoxy) is 1. The molecule has 1 saturated heterocycles. The van der Waals surface area contributed by atoms with Gasteiger partial charge in [0.1, 0.15) is 11.3 Å². The van der Waals surface area contributed by atoms with Crippen molar-refractivity contribution in [1.82, 2.24) is 15.5 Å². The Bertz CT molecular complexity index is 903. The topological polar surface area (TPSA) is 89.3 Å². The zero-order valence-electron chi connectivity index (χ0n) is 15.5. The summed E-state index contributed by atoms with van der Waals surface area (Å²) in [5.74, 6) is 0.961. The number of benzene rings is 1. The average Bonchev–Trinajstić information content (AvgIpc) is 3.45. The first-order valence-electron chi connectivity index (χ1n) is 9.27. The van der Waals surface area contributed by atoms with Crippen LogP contribution in [0.3, 0.4) is 0 Å². The van der Waals surface area contributed by atoms with Gasteiger partial charge in [-0.3, -0.25) is 4.79 Å². The van der Waals surface area contributed by atoms with E-state index < -0.39 is 0 Å². The van der Waals surface area contributed by atoms with Crippen molar-refractivity contribution >= 4 is 45.1 Å². The summed E-state index contributed by atoms with van der Waals surface area (Å²) in [6.07, 6.45) is 2.45. The summed E-state index contributed by atoms with van der Waals surface area (Å²) in [5, 5.41) is 16.3. The fourth-order valence-corrected chi connectivity index (χ4v) is 4.61. The maximum absolute atomic E-state index is 12.3. The monoisotopic (exact) mass is 418 g/mol. The second kappa shape index (κ2) is 8.93. The third kappa shape index (κ3) is 4.84. The van der Waals surface area contributed by atoms with Crippen molar-refractivity contribution in [2.75, 3.05) is 24.2 Å². The van der Waals surface area contributed by atoms with Gasteiger partial charge in [0.25, 0.3) is 0 Å². The van der Waals surface area contributed by atoms with Crippen molar-refractivity contribution in [3.8, 4) is 0 Å². The largest absolute Gasteiger partial charge is 0.459 e. The number of carbonyl (C=O) groups excluding carboxylic acids is 1. The molecule has 2 atom stereocenters. The summed E-state index contributed by atoms with van der Waals surface area (Å²) < 4.78 is 12.2. The van der Waals surface area contributed by atoms with Crippen molar-refractivity contribution in [2.45, 2.75) is 36.3 Å². The number of anilines is 1. The summed E-state index contributed by atoms with van der Waals surface area (Å²) in [4.78, 5) is 12.3. The van der Waals surface area contributed by atoms with Gasteiger partial charge in [-0.05, 0) is 31.9 Å². The van der Waals surface area contributed by atoms with Crippen molar-refractivity contribution in [3.05, 3.63) is 36.1 Å². The molecule has 2 N–H and O–H groups in total. The van der Waals surface area contributed by atoms with Gasteiger partial charge >= 0.3 is 0 Å². The van der Waals surface area contributed by atoms with Crippen LogP contribution >= 0.6 is 23.1 Å². The zero-order valence-corrected chi connectivity index (χ0v) is 17.1. The van der Waals surface area contributed by atoms with E-state index >= 15 is 0 Å². The molecule has 7 nitrogen and oxygen atoms in total. The lowest BCUT2D eigenvalue weighted by Gasteiger charge is -2.10. The predicted molar refractivity (Wildman–Crippen MR) is 111 cm³/mol. The van der Waals surface area contributed by atoms with Crippen molar-refractivity contribution in [1.29, 1.82) is 0 Å². The second-order valence-corrected chi connectivity index (χ2v) is 8.85. The van der Waals surface area contributed by atoms with Crippen LogP contribution in [0, 0.1) is 0 Å². The first kappa shape index (κ1) is 19.2. The second-order valence-electron chi connectivity index (χ2n) is 6.65. The third-order valence-electron chi connectivity index (χ3n) is 4.49. The Morgan fingerprint density at radius 1 is 1.39 bits per heavy atom. The normalized spacial score (nSPS) is 17.7. The van der Waals surface area contributed by atoms with Crippen LogP contribution in [0.4, 0.5) is 5.13 Å². The Balaban J connectivity index is 1.23. The maximum Gasteiger partial charge on any atom is 0.231 e. The maximum atomic E-state index is 12.3. The number of carbonyl (C=O) groups is 1. The molecule has 28 heavy (non-hydrogen) atoms. The third-order valence-corrected chi connectivity index (χ3v) is 6.50. The number of nitrogens with one attached hydrogen (secondary N) is 2. The molecule has 0 saturated carbocycles. The molecule has 0 bridgehead atoms. The minimum absolute atomic E-state index is 0.0676. The van der Waals surface area contributed by atoms with E-state index in [2.05, 4.69) is 20.8 Å². The van der Waals surface area contributed by atoms with E-state index in [-0.39, 0.29) is 23.8 Å². The molecular formula is C19H22N4O3S2. The van der Waals surface area contributed by atoms with Crippen LogP contribution in [-0.2, 0) is 9.53 Å². The molecule has 9 heteroatoms. The summed E-state index contributed by atoms with van der Waals surface area (Å²) >= 11 is 2.83. The number of amides is 1. The Labute approximate surface area is 171 Å². The lowest BCUT2D eigenvalue weighted by Crippen LogP contribution is -2.27. The van der Waals surface area contributed by atoms with E-state index in [9.17, 15) is 4.79 Å². The number of fused-ring (bicyclic) bond motifs is 1. The minimum atomic E-state index is -0.196. The highest BCUT2D eigenvalue weighted by atomic mass is 32.2. The van der Waals surface area contributed by atoms with Crippen LogP contribution in [-0.4, -0.2) is 41.1 Å². The standard InChI is InChI=1S/C19H22N4O3S2/c1-12(16-9-13-5-2-3-7-15(13)26-16)21-17(24)11-27-19-23-22-18(28-19)20-10-14-6-4-8-25-14/h2-3,5,7,9,12,14H,4,6,8,10-11H2,1H3,(H,20,22)(H,21,24). The fraction of sp³-hybridized carbons (Fsp3) is 0.421. The lowest BCUT2D eigenvalue weighted by atomic mass is 10.2. The summed E-state index contributed by atoms with van der Waals surface area (Å²) in [5.41, 5.74) is 0.824. The molecule has 2 aromatic heterocycles. The summed E-state index contributed by atoms with van der Waals surface area (Å²) in [6, 6.07) is 9.58. The van der Waals surface area contributed by atoms with Gasteiger partial charge in [0, 0.05) is 18.5 Å². The van der Waals surface area contributed by atoms with E-state index in [4.69, 9.17) is 9.15 Å². The molecule has 148 valence electrons. The summed E-state index contributed by atoms with van der Waals surface area (Å²) in [6.45, 7) is 3.50. The van der Waals surface area contributed by atoms with Gasteiger partial charge in [-0.1, -0.05) is 41.3 Å². The van der Waals surface area contributed by atoms with Crippen molar-refractivity contribution in [2.24, 2.45) is 0 Å². The molecule has 1 fully saturated rings. The highest BCUT2D eigenvalue weighted by Crippen LogP contribution is 2.27. The molecule has 0 radical (unpaired) electrons. The van der Waals surface area contributed by atoms with Gasteiger partial charge in [-0.2, -0.15) is 0 Å². The number of hydrogen-bond donors (Lipinski definition) is 2. The smallest absolute Gasteiger partial charge is 0.231 e. The molecule has 3 aromatic rings. The molecule has 0 spiro atoms. The summed E-state index contributed by atoms with van der Waals surface area (Å²) in [7, 11) is 0. The van der Waals surface area contributed by atoms with Crippen LogP contribution in [0.15, 0.2) is 39.1 Å². The predicted octanol–water partition coefficient (Wildman–Crippen LogP) is 3.84. The van der Waals surface area contributed by atoms with E-state index in [1.165, 1.54) is 23.1 Å². The number of rotatable bonds is 8. The quantitative estimate of drug-likeness (QED) is 0.537. The van der Waals surface area contributed by atoms with Gasteiger partial charge in [0.15, 0.2) is 4.34 Å². The first-order chi connectivity index (χ1) is 13.7. The number of furan rings is 1. The SMILES string of the molecule is CC(NC(=O)CSc1nnc(NCC2CCCO2)s1)c1cc2ccccc2o1. The Morgan fingerprint density at radius 2 is 2.29 bits per heavy atom. The van der Waals surface area contributed by atoms with Crippen LogP contribution in [0.5, 0.6) is 0 Å². The van der Waals surface area contributed by atoms with Gasteiger partial charge in [0.05, 0.1) is 17.9 Å². The van der Waals surface area contributed by atoms with Gasteiger partial charge in [-0.25, -0.2) is 0 Å². The van der Waals surface area contributed by atoms with Crippen LogP contribution in [0.25, 0.3) is 11.0 Å². The van der Waals surface area contributed by atoms with Gasteiger partial charge in [0.2, 0.25) is 11.0 Å². The lowest BCUT2D eigenvalue weighted by molar-refractivity contribution is -0.119. The molecule has 4 rings (SSSR count). The Morgan fingerprint density at radius 3 is 3.11 bits per heavy atom. The average molecular weight is 419 g/mol. The number of nitrogens with zero attached hydrogens (tertiary/aromatic N) is 2. The molecule has 1 aliphatic rings. The van der Waals surface area contributed by atoms with E-state index in [1.54, 1.807) is 0 Å². The highest BCUT2D eigenvalue weighted by molar-refractivity contribution is 8.01. The Kier molecular flexibility index (Phi) is 6.13. The number of para-hydroxylation sites is 1. The van der Waals surface area contributed by atoms with Gasteiger partial charge < -0.3 is 19.8 Å². The van der Waals surface area contributed by atoms with E-state index in [0.717, 1.165) is 52.2 Å². The number of hydrogen-bond acceptors (Lipinski definition) is 8. The molecule has 2 unspecified atom stereocenters. The molecule has 1 aromatic carbocycles. The minimum Gasteiger partial charge on any atom is -0.459 e. The molecule has 0 aliphatic carbocycles. The first-order valence-corrected chi connectivity index (χ1v) is 11.1. The number of thioether (sulfide) groups is 1. The Hall–Kier alpha value is -2.10. The van der Waals surface area contributed by atoms with E-state index in [0.29, 0.717) is 0 Å². The molecule has 3 heterocycles. The fourth-order valence-electron chi connectivity index (χ4n) is 3.04. The highest BCUT2D eigenvalue weighted by Gasteiger charge is 2.17.